The minimum absolute atomic E-state index is 0.0651. The van der Waals surface area contributed by atoms with E-state index in [1.165, 1.54) is 173 Å². The number of carbonyl (C=O) groups excluding carboxylic acids is 3. The molecular formula is C54H104O6. The highest BCUT2D eigenvalue weighted by atomic mass is 16.6. The van der Waals surface area contributed by atoms with Crippen molar-refractivity contribution in [1.29, 1.82) is 0 Å². The van der Waals surface area contributed by atoms with Crippen LogP contribution >= 0.6 is 0 Å². The van der Waals surface area contributed by atoms with Crippen LogP contribution in [0.4, 0.5) is 0 Å². The molecule has 0 amide bonds. The molecule has 356 valence electrons. The van der Waals surface area contributed by atoms with Gasteiger partial charge in [0.2, 0.25) is 0 Å². The van der Waals surface area contributed by atoms with E-state index in [4.69, 9.17) is 14.2 Å². The van der Waals surface area contributed by atoms with E-state index >= 15 is 0 Å². The van der Waals surface area contributed by atoms with Crippen LogP contribution in [0.2, 0.25) is 0 Å². The normalized spacial score (nSPS) is 13.1. The van der Waals surface area contributed by atoms with Crippen LogP contribution in [0.1, 0.15) is 292 Å². The molecule has 0 saturated heterocycles. The number of hydrogen-bond donors (Lipinski definition) is 0. The summed E-state index contributed by atoms with van der Waals surface area (Å²) in [5.41, 5.74) is 0. The molecule has 0 fully saturated rings. The van der Waals surface area contributed by atoms with Crippen molar-refractivity contribution in [3.8, 4) is 0 Å². The van der Waals surface area contributed by atoms with Crippen LogP contribution in [-0.2, 0) is 28.6 Å². The summed E-state index contributed by atoms with van der Waals surface area (Å²) in [5.74, 6) is 1.68. The summed E-state index contributed by atoms with van der Waals surface area (Å²) in [6.45, 7) is 13.7. The number of carbonyl (C=O) groups is 3. The molecule has 0 aromatic rings. The SMILES string of the molecule is CCC(C)CCCCCCCCCCCCCCCCC(=O)O[C@H](COC(=O)CCCCCCCCCCCCCC(C)C)COC(=O)CCCCCCCCC(C)CC. The van der Waals surface area contributed by atoms with Gasteiger partial charge >= 0.3 is 17.9 Å². The number of unbranched alkanes of at least 4 members (excludes halogenated alkanes) is 28. The third-order valence-electron chi connectivity index (χ3n) is 12.9. The van der Waals surface area contributed by atoms with Gasteiger partial charge in [0, 0.05) is 19.3 Å². The summed E-state index contributed by atoms with van der Waals surface area (Å²) >= 11 is 0. The highest BCUT2D eigenvalue weighted by Gasteiger charge is 2.19. The van der Waals surface area contributed by atoms with E-state index in [-0.39, 0.29) is 31.1 Å². The summed E-state index contributed by atoms with van der Waals surface area (Å²) < 4.78 is 16.8. The van der Waals surface area contributed by atoms with Crippen molar-refractivity contribution >= 4 is 17.9 Å². The predicted molar refractivity (Wildman–Crippen MR) is 256 cm³/mol. The molecule has 0 rings (SSSR count). The molecule has 0 aromatic heterocycles. The van der Waals surface area contributed by atoms with Gasteiger partial charge in [0.15, 0.2) is 6.10 Å². The smallest absolute Gasteiger partial charge is 0.306 e. The minimum Gasteiger partial charge on any atom is -0.462 e. The van der Waals surface area contributed by atoms with E-state index in [0.717, 1.165) is 75.5 Å². The average molecular weight is 849 g/mol. The topological polar surface area (TPSA) is 78.9 Å². The maximum Gasteiger partial charge on any atom is 0.306 e. The van der Waals surface area contributed by atoms with Crippen LogP contribution < -0.4 is 0 Å². The molecule has 0 spiro atoms. The Morgan fingerprint density at radius 1 is 0.333 bits per heavy atom. The molecule has 0 aliphatic heterocycles. The number of hydrogen-bond acceptors (Lipinski definition) is 6. The van der Waals surface area contributed by atoms with E-state index in [9.17, 15) is 14.4 Å². The second kappa shape index (κ2) is 45.4. The number of rotatable bonds is 47. The summed E-state index contributed by atoms with van der Waals surface area (Å²) in [4.78, 5) is 38.0. The van der Waals surface area contributed by atoms with Gasteiger partial charge in [-0.25, -0.2) is 0 Å². The van der Waals surface area contributed by atoms with Gasteiger partial charge in [-0.2, -0.15) is 0 Å². The maximum atomic E-state index is 12.8. The minimum atomic E-state index is -0.763. The third-order valence-corrected chi connectivity index (χ3v) is 12.9. The monoisotopic (exact) mass is 849 g/mol. The predicted octanol–water partition coefficient (Wildman–Crippen LogP) is 17.2. The Bertz CT molecular complexity index is 933. The van der Waals surface area contributed by atoms with Crippen molar-refractivity contribution in [2.45, 2.75) is 298 Å². The first kappa shape index (κ1) is 58.4. The van der Waals surface area contributed by atoms with Gasteiger partial charge in [-0.3, -0.25) is 14.4 Å². The van der Waals surface area contributed by atoms with Crippen molar-refractivity contribution in [1.82, 2.24) is 0 Å². The van der Waals surface area contributed by atoms with Gasteiger partial charge in [-0.1, -0.05) is 253 Å². The summed E-state index contributed by atoms with van der Waals surface area (Å²) in [6, 6.07) is 0. The quantitative estimate of drug-likeness (QED) is 0.0345. The molecule has 0 aliphatic carbocycles. The van der Waals surface area contributed by atoms with E-state index in [2.05, 4.69) is 41.5 Å². The van der Waals surface area contributed by atoms with Gasteiger partial charge in [-0.15, -0.1) is 0 Å². The first-order chi connectivity index (χ1) is 29.2. The molecule has 0 N–H and O–H groups in total. The van der Waals surface area contributed by atoms with Gasteiger partial charge in [0.25, 0.3) is 0 Å². The molecule has 0 saturated carbocycles. The molecule has 0 bridgehead atoms. The molecular weight excluding hydrogens is 745 g/mol. The van der Waals surface area contributed by atoms with E-state index in [1.807, 2.05) is 0 Å². The second-order valence-corrected chi connectivity index (χ2v) is 19.5. The van der Waals surface area contributed by atoms with Crippen LogP contribution in [0.5, 0.6) is 0 Å². The molecule has 0 aliphatic rings. The van der Waals surface area contributed by atoms with E-state index < -0.39 is 6.10 Å². The maximum absolute atomic E-state index is 12.8. The lowest BCUT2D eigenvalue weighted by Gasteiger charge is -2.18. The summed E-state index contributed by atoms with van der Waals surface area (Å²) in [6.07, 6.45) is 45.1. The van der Waals surface area contributed by atoms with Crippen molar-refractivity contribution in [3.63, 3.8) is 0 Å². The molecule has 0 aromatic carbocycles. The van der Waals surface area contributed by atoms with Crippen molar-refractivity contribution in [2.75, 3.05) is 13.2 Å². The zero-order valence-electron chi connectivity index (χ0n) is 41.3. The number of ether oxygens (including phenoxy) is 3. The van der Waals surface area contributed by atoms with E-state index in [0.29, 0.717) is 19.3 Å². The van der Waals surface area contributed by atoms with Crippen molar-refractivity contribution in [3.05, 3.63) is 0 Å². The highest BCUT2D eigenvalue weighted by molar-refractivity contribution is 5.71. The van der Waals surface area contributed by atoms with Crippen LogP contribution in [0.15, 0.2) is 0 Å². The molecule has 3 atom stereocenters. The lowest BCUT2D eigenvalue weighted by atomic mass is 9.99. The fourth-order valence-corrected chi connectivity index (χ4v) is 8.05. The van der Waals surface area contributed by atoms with Crippen LogP contribution in [-0.4, -0.2) is 37.2 Å². The Morgan fingerprint density at radius 3 is 0.867 bits per heavy atom. The first-order valence-electron chi connectivity index (χ1n) is 26.7. The van der Waals surface area contributed by atoms with E-state index in [1.54, 1.807) is 0 Å². The van der Waals surface area contributed by atoms with Gasteiger partial charge in [-0.05, 0) is 37.0 Å². The molecule has 0 heterocycles. The second-order valence-electron chi connectivity index (χ2n) is 19.5. The Hall–Kier alpha value is -1.59. The highest BCUT2D eigenvalue weighted by Crippen LogP contribution is 2.18. The fraction of sp³-hybridized carbons (Fsp3) is 0.944. The third kappa shape index (κ3) is 44.5. The lowest BCUT2D eigenvalue weighted by molar-refractivity contribution is -0.167. The lowest BCUT2D eigenvalue weighted by Crippen LogP contribution is -2.30. The Labute approximate surface area is 374 Å². The molecule has 6 heteroatoms. The van der Waals surface area contributed by atoms with Crippen LogP contribution in [0.25, 0.3) is 0 Å². The fourth-order valence-electron chi connectivity index (χ4n) is 8.05. The Balaban J connectivity index is 4.29. The van der Waals surface area contributed by atoms with Gasteiger partial charge in [0.1, 0.15) is 13.2 Å². The zero-order chi connectivity index (χ0) is 44.2. The molecule has 2 unspecified atom stereocenters. The molecule has 60 heavy (non-hydrogen) atoms. The van der Waals surface area contributed by atoms with Crippen molar-refractivity contribution in [2.24, 2.45) is 17.8 Å². The van der Waals surface area contributed by atoms with Crippen LogP contribution in [0, 0.1) is 17.8 Å². The summed E-state index contributed by atoms with van der Waals surface area (Å²) in [7, 11) is 0. The molecule has 0 radical (unpaired) electrons. The first-order valence-corrected chi connectivity index (χ1v) is 26.7. The Morgan fingerprint density at radius 2 is 0.583 bits per heavy atom. The van der Waals surface area contributed by atoms with Crippen LogP contribution in [0.3, 0.4) is 0 Å². The Kier molecular flexibility index (Phi) is 44.2. The van der Waals surface area contributed by atoms with Gasteiger partial charge < -0.3 is 14.2 Å². The standard InChI is InChI=1S/C54H104O6/c1-7-49(5)41-35-29-23-19-15-11-9-10-12-16-21-25-33-39-45-54(57)60-51(47-59-53(56)44-38-32-27-26-30-36-42-50(6)8-2)46-58-52(55)43-37-31-24-20-17-13-14-18-22-28-34-40-48(3)4/h48-51H,7-47H2,1-6H3/t49?,50?,51-/m1/s1. The number of esters is 3. The zero-order valence-corrected chi connectivity index (χ0v) is 41.3. The van der Waals surface area contributed by atoms with Crippen molar-refractivity contribution < 1.29 is 28.6 Å². The largest absolute Gasteiger partial charge is 0.462 e. The molecule has 6 nitrogen and oxygen atoms in total. The average Bonchev–Trinajstić information content (AvgIpc) is 3.23. The summed E-state index contributed by atoms with van der Waals surface area (Å²) in [5, 5.41) is 0. The van der Waals surface area contributed by atoms with Gasteiger partial charge in [0.05, 0.1) is 0 Å².